The molecule has 1 aliphatic rings. The van der Waals surface area contributed by atoms with Crippen LogP contribution >= 0.6 is 0 Å². The van der Waals surface area contributed by atoms with E-state index >= 15 is 0 Å². The summed E-state index contributed by atoms with van der Waals surface area (Å²) in [6.07, 6.45) is 6.66. The molecule has 0 radical (unpaired) electrons. The average Bonchev–Trinajstić information content (AvgIpc) is 2.96. The number of aromatic nitrogens is 1. The van der Waals surface area contributed by atoms with Crippen LogP contribution in [0.3, 0.4) is 0 Å². The molecule has 4 heteroatoms. The van der Waals surface area contributed by atoms with Crippen LogP contribution in [0, 0.1) is 20.8 Å². The number of hydrogen-bond acceptors (Lipinski definition) is 2. The number of carbonyl (C=O) groups excluding carboxylic acids is 1. The van der Waals surface area contributed by atoms with Crippen LogP contribution in [0.2, 0.25) is 0 Å². The predicted molar refractivity (Wildman–Crippen MR) is 113 cm³/mol. The van der Waals surface area contributed by atoms with Crippen molar-refractivity contribution in [1.82, 2.24) is 15.2 Å². The van der Waals surface area contributed by atoms with Crippen LogP contribution in [0.1, 0.15) is 61.4 Å². The molecule has 1 saturated carbocycles. The van der Waals surface area contributed by atoms with Crippen LogP contribution in [0.5, 0.6) is 0 Å². The minimum Gasteiger partial charge on any atom is -0.358 e. The number of nitrogens with one attached hydrogen (secondary N) is 2. The highest BCUT2D eigenvalue weighted by atomic mass is 16.1. The van der Waals surface area contributed by atoms with E-state index in [9.17, 15) is 4.79 Å². The summed E-state index contributed by atoms with van der Waals surface area (Å²) in [5.41, 5.74) is 6.01. The molecule has 0 saturated heterocycles. The Labute approximate surface area is 163 Å². The molecular weight excluding hydrogens is 334 g/mol. The minimum atomic E-state index is 0.130. The molecule has 3 rings (SSSR count). The number of likely N-dealkylation sites (N-methyl/N-ethyl adjacent to an activating group) is 1. The highest BCUT2D eigenvalue weighted by Gasteiger charge is 2.35. The fourth-order valence-corrected chi connectivity index (χ4v) is 4.79. The van der Waals surface area contributed by atoms with Crippen LogP contribution in [-0.2, 0) is 11.2 Å². The lowest BCUT2D eigenvalue weighted by molar-refractivity contribution is -0.121. The standard InChI is InChI=1S/C23H35N3O/c1-6-26(5)23(10-8-7-9-11-23)15-24-21(27)14-19-18(4)25-22-17(3)12-16(2)13-20(19)22/h12-13,25H,6-11,14-15H2,1-5H3,(H,24,27). The SMILES string of the molecule is CCN(C)C1(CNC(=O)Cc2c(C)[nH]c3c(C)cc(C)cc23)CCCCC1. The minimum absolute atomic E-state index is 0.130. The second-order valence-electron chi connectivity index (χ2n) is 8.49. The molecule has 1 heterocycles. The number of rotatable bonds is 6. The van der Waals surface area contributed by atoms with Gasteiger partial charge in [0, 0.05) is 28.7 Å². The van der Waals surface area contributed by atoms with Gasteiger partial charge in [-0.15, -0.1) is 0 Å². The lowest BCUT2D eigenvalue weighted by Gasteiger charge is -2.44. The van der Waals surface area contributed by atoms with Gasteiger partial charge in [-0.3, -0.25) is 9.69 Å². The van der Waals surface area contributed by atoms with E-state index in [0.717, 1.165) is 29.9 Å². The molecule has 1 amide bonds. The Morgan fingerprint density at radius 3 is 2.56 bits per heavy atom. The number of amides is 1. The monoisotopic (exact) mass is 369 g/mol. The van der Waals surface area contributed by atoms with Crippen molar-refractivity contribution < 1.29 is 4.79 Å². The van der Waals surface area contributed by atoms with Crippen molar-refractivity contribution in [2.45, 2.75) is 71.8 Å². The number of nitrogens with zero attached hydrogens (tertiary/aromatic N) is 1. The van der Waals surface area contributed by atoms with Gasteiger partial charge in [0.2, 0.25) is 5.91 Å². The van der Waals surface area contributed by atoms with Crippen LogP contribution < -0.4 is 5.32 Å². The first kappa shape index (κ1) is 19.9. The van der Waals surface area contributed by atoms with Crippen LogP contribution in [-0.4, -0.2) is 41.5 Å². The summed E-state index contributed by atoms with van der Waals surface area (Å²) in [6.45, 7) is 10.3. The van der Waals surface area contributed by atoms with Crippen molar-refractivity contribution >= 4 is 16.8 Å². The van der Waals surface area contributed by atoms with Gasteiger partial charge in [0.05, 0.1) is 6.42 Å². The van der Waals surface area contributed by atoms with E-state index in [1.54, 1.807) is 0 Å². The highest BCUT2D eigenvalue weighted by molar-refractivity contribution is 5.92. The Hall–Kier alpha value is -1.81. The molecule has 148 valence electrons. The van der Waals surface area contributed by atoms with E-state index in [2.05, 4.69) is 62.1 Å². The molecule has 0 spiro atoms. The molecule has 1 aromatic carbocycles. The Kier molecular flexibility index (Phi) is 5.95. The zero-order chi connectivity index (χ0) is 19.6. The lowest BCUT2D eigenvalue weighted by Crippen LogP contribution is -2.55. The number of fused-ring (bicyclic) bond motifs is 1. The molecule has 0 aliphatic heterocycles. The number of carbonyl (C=O) groups is 1. The first-order valence-electron chi connectivity index (χ1n) is 10.4. The van der Waals surface area contributed by atoms with Crippen molar-refractivity contribution in [2.75, 3.05) is 20.1 Å². The molecule has 1 aliphatic carbocycles. The zero-order valence-electron chi connectivity index (χ0n) is 17.7. The molecular formula is C23H35N3O. The van der Waals surface area contributed by atoms with Crippen molar-refractivity contribution in [3.8, 4) is 0 Å². The first-order chi connectivity index (χ1) is 12.9. The predicted octanol–water partition coefficient (Wildman–Crippen LogP) is 4.41. The molecule has 0 unspecified atom stereocenters. The summed E-state index contributed by atoms with van der Waals surface area (Å²) in [6, 6.07) is 4.39. The van der Waals surface area contributed by atoms with E-state index in [1.165, 1.54) is 48.6 Å². The number of benzene rings is 1. The normalized spacial score (nSPS) is 16.8. The van der Waals surface area contributed by atoms with Gasteiger partial charge in [-0.05, 0) is 64.4 Å². The molecule has 0 bridgehead atoms. The second kappa shape index (κ2) is 8.05. The smallest absolute Gasteiger partial charge is 0.224 e. The summed E-state index contributed by atoms with van der Waals surface area (Å²) < 4.78 is 0. The van der Waals surface area contributed by atoms with Crippen molar-refractivity contribution in [3.63, 3.8) is 0 Å². The molecule has 1 aromatic heterocycles. The van der Waals surface area contributed by atoms with Gasteiger partial charge in [0.15, 0.2) is 0 Å². The van der Waals surface area contributed by atoms with E-state index in [1.807, 2.05) is 0 Å². The van der Waals surface area contributed by atoms with E-state index < -0.39 is 0 Å². The van der Waals surface area contributed by atoms with Gasteiger partial charge in [-0.2, -0.15) is 0 Å². The first-order valence-corrected chi connectivity index (χ1v) is 10.4. The van der Waals surface area contributed by atoms with E-state index in [0.29, 0.717) is 6.42 Å². The summed E-state index contributed by atoms with van der Waals surface area (Å²) in [5, 5.41) is 4.47. The third-order valence-electron chi connectivity index (χ3n) is 6.59. The van der Waals surface area contributed by atoms with Crippen LogP contribution in [0.4, 0.5) is 0 Å². The van der Waals surface area contributed by atoms with Gasteiger partial charge in [0.25, 0.3) is 0 Å². The van der Waals surface area contributed by atoms with Gasteiger partial charge in [-0.25, -0.2) is 0 Å². The topological polar surface area (TPSA) is 48.1 Å². The molecule has 27 heavy (non-hydrogen) atoms. The third kappa shape index (κ3) is 4.06. The van der Waals surface area contributed by atoms with Crippen molar-refractivity contribution in [3.05, 3.63) is 34.5 Å². The number of hydrogen-bond donors (Lipinski definition) is 2. The van der Waals surface area contributed by atoms with E-state index in [-0.39, 0.29) is 11.4 Å². The van der Waals surface area contributed by atoms with Gasteiger partial charge in [0.1, 0.15) is 0 Å². The largest absolute Gasteiger partial charge is 0.358 e. The zero-order valence-corrected chi connectivity index (χ0v) is 17.7. The van der Waals surface area contributed by atoms with Crippen LogP contribution in [0.25, 0.3) is 10.9 Å². The Bertz CT molecular complexity index is 815. The Morgan fingerprint density at radius 2 is 1.89 bits per heavy atom. The maximum atomic E-state index is 12.8. The number of aromatic amines is 1. The summed E-state index contributed by atoms with van der Waals surface area (Å²) in [4.78, 5) is 18.7. The fraction of sp³-hybridized carbons (Fsp3) is 0.609. The van der Waals surface area contributed by atoms with Gasteiger partial charge >= 0.3 is 0 Å². The molecule has 4 nitrogen and oxygen atoms in total. The number of H-pyrrole nitrogens is 1. The third-order valence-corrected chi connectivity index (χ3v) is 6.59. The maximum absolute atomic E-state index is 12.8. The Morgan fingerprint density at radius 1 is 1.19 bits per heavy atom. The van der Waals surface area contributed by atoms with E-state index in [4.69, 9.17) is 0 Å². The lowest BCUT2D eigenvalue weighted by atomic mass is 9.80. The maximum Gasteiger partial charge on any atom is 0.224 e. The van der Waals surface area contributed by atoms with Crippen molar-refractivity contribution in [2.24, 2.45) is 0 Å². The second-order valence-corrected chi connectivity index (χ2v) is 8.49. The van der Waals surface area contributed by atoms with Gasteiger partial charge < -0.3 is 10.3 Å². The highest BCUT2D eigenvalue weighted by Crippen LogP contribution is 2.32. The van der Waals surface area contributed by atoms with Crippen molar-refractivity contribution in [1.29, 1.82) is 0 Å². The van der Waals surface area contributed by atoms with Crippen LogP contribution in [0.15, 0.2) is 12.1 Å². The quantitative estimate of drug-likeness (QED) is 0.792. The number of aryl methyl sites for hydroxylation is 3. The molecule has 0 atom stereocenters. The average molecular weight is 370 g/mol. The molecule has 2 aromatic rings. The summed E-state index contributed by atoms with van der Waals surface area (Å²) >= 11 is 0. The Balaban J connectivity index is 1.74. The fourth-order valence-electron chi connectivity index (χ4n) is 4.79. The molecule has 1 fully saturated rings. The summed E-state index contributed by atoms with van der Waals surface area (Å²) in [5.74, 6) is 0.132. The van der Waals surface area contributed by atoms with Gasteiger partial charge in [-0.1, -0.05) is 37.8 Å². The summed E-state index contributed by atoms with van der Waals surface area (Å²) in [7, 11) is 2.20. The molecule has 2 N–H and O–H groups in total.